The lowest BCUT2D eigenvalue weighted by molar-refractivity contribution is 0.189. The number of carbonyl (C=O) groups is 1. The van der Waals surface area contributed by atoms with Crippen molar-refractivity contribution in [2.75, 3.05) is 6.54 Å². The number of nitrogens with one attached hydrogen (secondary N) is 1. The molecule has 1 aromatic carbocycles. The van der Waals surface area contributed by atoms with Gasteiger partial charge in [0.25, 0.3) is 0 Å². The Kier molecular flexibility index (Phi) is 3.96. The Morgan fingerprint density at radius 1 is 1.38 bits per heavy atom. The zero-order valence-corrected chi connectivity index (χ0v) is 14.5. The average Bonchev–Trinajstić information content (AvgIpc) is 3.27. The van der Waals surface area contributed by atoms with Gasteiger partial charge in [-0.2, -0.15) is 5.10 Å². The standard InChI is InChI=1S/C18H21ClN4O/c1-22-11-12(10-20-22)17-6-3-9-23(17)18(24)21-16-8-7-13-14(16)4-2-5-15(13)19/h2,4-5,10-11,16-17H,3,6-9H2,1H3,(H,21,24). The van der Waals surface area contributed by atoms with Crippen LogP contribution >= 0.6 is 11.6 Å². The van der Waals surface area contributed by atoms with Crippen molar-refractivity contribution in [3.05, 3.63) is 52.3 Å². The zero-order chi connectivity index (χ0) is 16.7. The first-order chi connectivity index (χ1) is 11.6. The van der Waals surface area contributed by atoms with Crippen molar-refractivity contribution in [1.82, 2.24) is 20.0 Å². The highest BCUT2D eigenvalue weighted by Gasteiger charge is 2.33. The van der Waals surface area contributed by atoms with Gasteiger partial charge in [-0.1, -0.05) is 23.7 Å². The average molecular weight is 345 g/mol. The zero-order valence-electron chi connectivity index (χ0n) is 13.7. The molecule has 1 aliphatic heterocycles. The van der Waals surface area contributed by atoms with Crippen LogP contribution in [-0.2, 0) is 13.5 Å². The first kappa shape index (κ1) is 15.5. The molecular formula is C18H21ClN4O. The number of aryl methyl sites for hydroxylation is 1. The molecular weight excluding hydrogens is 324 g/mol. The molecule has 1 saturated heterocycles. The summed E-state index contributed by atoms with van der Waals surface area (Å²) < 4.78 is 1.79. The maximum Gasteiger partial charge on any atom is 0.318 e. The molecule has 1 aromatic heterocycles. The van der Waals surface area contributed by atoms with Gasteiger partial charge >= 0.3 is 6.03 Å². The number of urea groups is 1. The third-order valence-electron chi connectivity index (χ3n) is 5.13. The Morgan fingerprint density at radius 3 is 3.04 bits per heavy atom. The summed E-state index contributed by atoms with van der Waals surface area (Å²) in [5, 5.41) is 8.26. The lowest BCUT2D eigenvalue weighted by Crippen LogP contribution is -2.40. The van der Waals surface area contributed by atoms with Gasteiger partial charge in [-0.05, 0) is 42.9 Å². The fourth-order valence-electron chi connectivity index (χ4n) is 3.96. The largest absolute Gasteiger partial charge is 0.331 e. The molecule has 0 spiro atoms. The summed E-state index contributed by atoms with van der Waals surface area (Å²) in [5.74, 6) is 0. The van der Waals surface area contributed by atoms with E-state index in [1.165, 1.54) is 5.56 Å². The van der Waals surface area contributed by atoms with E-state index in [9.17, 15) is 4.79 Å². The van der Waals surface area contributed by atoms with E-state index in [1.54, 1.807) is 4.68 Å². The number of amides is 2. The summed E-state index contributed by atoms with van der Waals surface area (Å²) in [5.41, 5.74) is 3.45. The number of rotatable bonds is 2. The molecule has 2 aliphatic rings. The van der Waals surface area contributed by atoms with Gasteiger partial charge < -0.3 is 10.2 Å². The summed E-state index contributed by atoms with van der Waals surface area (Å²) in [6, 6.07) is 6.14. The molecule has 0 saturated carbocycles. The van der Waals surface area contributed by atoms with E-state index in [0.717, 1.165) is 48.4 Å². The summed E-state index contributed by atoms with van der Waals surface area (Å²) in [7, 11) is 1.90. The fraction of sp³-hybridized carbons (Fsp3) is 0.444. The highest BCUT2D eigenvalue weighted by atomic mass is 35.5. The van der Waals surface area contributed by atoms with Crippen molar-refractivity contribution in [2.24, 2.45) is 7.05 Å². The van der Waals surface area contributed by atoms with Crippen molar-refractivity contribution in [3.8, 4) is 0 Å². The molecule has 0 bridgehead atoms. The molecule has 6 heteroatoms. The van der Waals surface area contributed by atoms with Crippen molar-refractivity contribution >= 4 is 17.6 Å². The van der Waals surface area contributed by atoms with E-state index in [0.29, 0.717) is 0 Å². The lowest BCUT2D eigenvalue weighted by atomic mass is 10.1. The van der Waals surface area contributed by atoms with Crippen LogP contribution in [0.1, 0.15) is 48.0 Å². The van der Waals surface area contributed by atoms with Crippen molar-refractivity contribution < 1.29 is 4.79 Å². The molecule has 24 heavy (non-hydrogen) atoms. The minimum atomic E-state index is 0.0131. The van der Waals surface area contributed by atoms with Crippen LogP contribution in [0, 0.1) is 0 Å². The molecule has 1 N–H and O–H groups in total. The molecule has 5 nitrogen and oxygen atoms in total. The predicted molar refractivity (Wildman–Crippen MR) is 92.9 cm³/mol. The molecule has 2 amide bonds. The Bertz CT molecular complexity index is 772. The molecule has 2 heterocycles. The monoisotopic (exact) mass is 344 g/mol. The van der Waals surface area contributed by atoms with Crippen LogP contribution in [0.2, 0.25) is 5.02 Å². The van der Waals surface area contributed by atoms with Crippen LogP contribution < -0.4 is 5.32 Å². The predicted octanol–water partition coefficient (Wildman–Crippen LogP) is 3.61. The minimum Gasteiger partial charge on any atom is -0.331 e. The molecule has 2 aromatic rings. The molecule has 1 aliphatic carbocycles. The Balaban J connectivity index is 1.50. The van der Waals surface area contributed by atoms with E-state index in [-0.39, 0.29) is 18.1 Å². The molecule has 2 unspecified atom stereocenters. The first-order valence-electron chi connectivity index (χ1n) is 8.46. The van der Waals surface area contributed by atoms with Gasteiger partial charge in [0.05, 0.1) is 18.3 Å². The number of aromatic nitrogens is 2. The van der Waals surface area contributed by atoms with E-state index in [4.69, 9.17) is 11.6 Å². The van der Waals surface area contributed by atoms with Crippen LogP contribution in [0.4, 0.5) is 4.79 Å². The van der Waals surface area contributed by atoms with Gasteiger partial charge in [-0.3, -0.25) is 4.68 Å². The Morgan fingerprint density at radius 2 is 2.25 bits per heavy atom. The van der Waals surface area contributed by atoms with E-state index in [2.05, 4.69) is 16.5 Å². The quantitative estimate of drug-likeness (QED) is 0.904. The number of benzene rings is 1. The van der Waals surface area contributed by atoms with Crippen LogP contribution in [-0.4, -0.2) is 27.3 Å². The molecule has 0 radical (unpaired) electrons. The van der Waals surface area contributed by atoms with Crippen molar-refractivity contribution in [3.63, 3.8) is 0 Å². The molecule has 2 atom stereocenters. The molecule has 4 rings (SSSR count). The summed E-state index contributed by atoms with van der Waals surface area (Å²) in [4.78, 5) is 14.8. The third-order valence-corrected chi connectivity index (χ3v) is 5.49. The smallest absolute Gasteiger partial charge is 0.318 e. The molecule has 126 valence electrons. The van der Waals surface area contributed by atoms with Crippen LogP contribution in [0.25, 0.3) is 0 Å². The number of hydrogen-bond acceptors (Lipinski definition) is 2. The maximum absolute atomic E-state index is 12.8. The maximum atomic E-state index is 12.8. The van der Waals surface area contributed by atoms with Gasteiger partial charge in [0, 0.05) is 30.4 Å². The van der Waals surface area contributed by atoms with Gasteiger partial charge in [0.1, 0.15) is 0 Å². The van der Waals surface area contributed by atoms with Gasteiger partial charge in [0.15, 0.2) is 0 Å². The summed E-state index contributed by atoms with van der Waals surface area (Å²) in [6.07, 6.45) is 7.72. The third kappa shape index (κ3) is 2.67. The topological polar surface area (TPSA) is 50.2 Å². The number of hydrogen-bond donors (Lipinski definition) is 1. The van der Waals surface area contributed by atoms with E-state index < -0.39 is 0 Å². The van der Waals surface area contributed by atoms with E-state index >= 15 is 0 Å². The normalized spacial score (nSPS) is 22.7. The van der Waals surface area contributed by atoms with Gasteiger partial charge in [-0.25, -0.2) is 4.79 Å². The highest BCUT2D eigenvalue weighted by molar-refractivity contribution is 6.31. The second-order valence-corrected chi connectivity index (χ2v) is 7.05. The molecule has 1 fully saturated rings. The fourth-order valence-corrected chi connectivity index (χ4v) is 4.24. The Labute approximate surface area is 146 Å². The highest BCUT2D eigenvalue weighted by Crippen LogP contribution is 2.37. The van der Waals surface area contributed by atoms with Crippen LogP contribution in [0.3, 0.4) is 0 Å². The second-order valence-electron chi connectivity index (χ2n) is 6.65. The summed E-state index contributed by atoms with van der Waals surface area (Å²) in [6.45, 7) is 0.792. The van der Waals surface area contributed by atoms with Crippen LogP contribution in [0.5, 0.6) is 0 Å². The van der Waals surface area contributed by atoms with Crippen molar-refractivity contribution in [2.45, 2.75) is 37.8 Å². The van der Waals surface area contributed by atoms with Crippen LogP contribution in [0.15, 0.2) is 30.6 Å². The van der Waals surface area contributed by atoms with Gasteiger partial charge in [-0.15, -0.1) is 0 Å². The second kappa shape index (κ2) is 6.13. The minimum absolute atomic E-state index is 0.0131. The number of carbonyl (C=O) groups excluding carboxylic acids is 1. The van der Waals surface area contributed by atoms with Crippen molar-refractivity contribution in [1.29, 1.82) is 0 Å². The Hall–Kier alpha value is -2.01. The number of likely N-dealkylation sites (tertiary alicyclic amines) is 1. The number of fused-ring (bicyclic) bond motifs is 1. The first-order valence-corrected chi connectivity index (χ1v) is 8.84. The lowest BCUT2D eigenvalue weighted by Gasteiger charge is -2.26. The van der Waals surface area contributed by atoms with E-state index in [1.807, 2.05) is 36.5 Å². The summed E-state index contributed by atoms with van der Waals surface area (Å²) >= 11 is 6.27. The SMILES string of the molecule is Cn1cc(C2CCCN2C(=O)NC2CCc3c(Cl)cccc32)cn1. The number of halogens is 1. The van der Waals surface area contributed by atoms with Gasteiger partial charge in [0.2, 0.25) is 0 Å². The number of nitrogens with zero attached hydrogens (tertiary/aromatic N) is 3.